The molecule has 0 saturated heterocycles. The molecule has 2 fully saturated rings. The number of hydrogen-bond acceptors (Lipinski definition) is 6. The third-order valence-corrected chi connectivity index (χ3v) is 11.5. The Labute approximate surface area is 299 Å². The van der Waals surface area contributed by atoms with Crippen LogP contribution in [0, 0.1) is 5.41 Å². The van der Waals surface area contributed by atoms with Gasteiger partial charge in [0.25, 0.3) is 0 Å². The maximum atomic E-state index is 11.5. The summed E-state index contributed by atoms with van der Waals surface area (Å²) in [5.41, 5.74) is 10.7. The number of aliphatic hydroxyl groups is 2. The first-order valence-electron chi connectivity index (χ1n) is 17.3. The monoisotopic (exact) mass is 700 g/mol. The predicted molar refractivity (Wildman–Crippen MR) is 204 cm³/mol. The highest BCUT2D eigenvalue weighted by molar-refractivity contribution is 7.99. The average Bonchev–Trinajstić information content (AvgIpc) is 3.83. The molecule has 2 saturated carbocycles. The fraction of sp³-hybridized carbons (Fsp3) is 0.415. The molecule has 0 unspecified atom stereocenters. The molecule has 0 amide bonds. The van der Waals surface area contributed by atoms with Gasteiger partial charge in [-0.1, -0.05) is 78.3 Å². The summed E-state index contributed by atoms with van der Waals surface area (Å²) in [4.78, 5) is 16.2. The van der Waals surface area contributed by atoms with E-state index in [-0.39, 0.29) is 23.2 Å². The van der Waals surface area contributed by atoms with Crippen LogP contribution in [-0.4, -0.2) is 44.2 Å². The molecule has 260 valence electrons. The Morgan fingerprint density at radius 1 is 1.02 bits per heavy atom. The van der Waals surface area contributed by atoms with Crippen LogP contribution < -0.4 is 5.73 Å². The Balaban J connectivity index is 0.000000514. The number of aliphatic carboxylic acids is 1. The first-order chi connectivity index (χ1) is 23.4. The minimum absolute atomic E-state index is 0.0604. The third kappa shape index (κ3) is 11.1. The van der Waals surface area contributed by atoms with Crippen LogP contribution in [0.2, 0.25) is 5.02 Å². The molecule has 5 N–H and O–H groups in total. The molecule has 3 aromatic carbocycles. The smallest absolute Gasteiger partial charge is 0.303 e. The van der Waals surface area contributed by atoms with Crippen LogP contribution in [0.4, 0.5) is 0 Å². The van der Waals surface area contributed by atoms with Gasteiger partial charge >= 0.3 is 5.97 Å². The van der Waals surface area contributed by atoms with Gasteiger partial charge in [-0.2, -0.15) is 11.8 Å². The van der Waals surface area contributed by atoms with Crippen molar-refractivity contribution in [2.75, 3.05) is 5.75 Å². The van der Waals surface area contributed by atoms with Crippen molar-refractivity contribution in [3.8, 4) is 0 Å². The van der Waals surface area contributed by atoms with Crippen LogP contribution in [0.1, 0.15) is 98.4 Å². The molecule has 0 bridgehead atoms. The van der Waals surface area contributed by atoms with Crippen LogP contribution in [0.25, 0.3) is 23.1 Å². The summed E-state index contributed by atoms with van der Waals surface area (Å²) in [5, 5.41) is 31.1. The zero-order chi connectivity index (χ0) is 35.0. The van der Waals surface area contributed by atoms with E-state index < -0.39 is 11.6 Å². The van der Waals surface area contributed by atoms with Gasteiger partial charge in [-0.3, -0.25) is 4.79 Å². The molecule has 6 rings (SSSR count). The van der Waals surface area contributed by atoms with Crippen molar-refractivity contribution in [3.63, 3.8) is 0 Å². The number of nitrogens with two attached hydrogens (primary N) is 1. The van der Waals surface area contributed by atoms with Crippen LogP contribution >= 0.6 is 23.4 Å². The van der Waals surface area contributed by atoms with Crippen molar-refractivity contribution in [1.82, 2.24) is 4.98 Å². The van der Waals surface area contributed by atoms with Crippen molar-refractivity contribution in [3.05, 3.63) is 112 Å². The van der Waals surface area contributed by atoms with Crippen molar-refractivity contribution in [2.24, 2.45) is 11.1 Å². The maximum absolute atomic E-state index is 11.5. The number of rotatable bonds is 12. The Morgan fingerprint density at radius 2 is 1.76 bits per heavy atom. The first-order valence-corrected chi connectivity index (χ1v) is 18.7. The van der Waals surface area contributed by atoms with Gasteiger partial charge in [-0.25, -0.2) is 4.98 Å². The SMILES string of the molecule is CC(C)(O)c1ccccc1CC[C@@H](SCC1(CC(=O)O)CC1)c1cccc(C=Cc2ccc3ccc(Cl)cc3n2)c1.NC1CCC(O)CC1. The number of nitrogens with zero attached hydrogens (tertiary/aromatic N) is 1. The fourth-order valence-electron chi connectivity index (χ4n) is 6.46. The molecule has 8 heteroatoms. The maximum Gasteiger partial charge on any atom is 0.303 e. The van der Waals surface area contributed by atoms with E-state index in [1.54, 1.807) is 0 Å². The predicted octanol–water partition coefficient (Wildman–Crippen LogP) is 9.20. The molecule has 2 aliphatic rings. The number of carbonyl (C=O) groups is 1. The molecule has 1 aromatic heterocycles. The van der Waals surface area contributed by atoms with Crippen LogP contribution in [-0.2, 0) is 16.8 Å². The number of aromatic nitrogens is 1. The molecule has 2 aliphatic carbocycles. The molecule has 0 radical (unpaired) electrons. The number of aliphatic hydroxyl groups excluding tert-OH is 1. The lowest BCUT2D eigenvalue weighted by Crippen LogP contribution is -2.28. The average molecular weight is 701 g/mol. The number of benzene rings is 3. The second-order valence-electron chi connectivity index (χ2n) is 14.3. The summed E-state index contributed by atoms with van der Waals surface area (Å²) in [6, 6.07) is 26.8. The highest BCUT2D eigenvalue weighted by Gasteiger charge is 2.44. The molecule has 1 atom stereocenters. The Morgan fingerprint density at radius 3 is 2.45 bits per heavy atom. The number of aryl methyl sites for hydroxylation is 1. The van der Waals surface area contributed by atoms with E-state index in [0.717, 1.165) is 90.4 Å². The summed E-state index contributed by atoms with van der Waals surface area (Å²) >= 11 is 8.04. The molecule has 49 heavy (non-hydrogen) atoms. The van der Waals surface area contributed by atoms with E-state index in [9.17, 15) is 15.0 Å². The minimum Gasteiger partial charge on any atom is -0.481 e. The van der Waals surface area contributed by atoms with Gasteiger partial charge in [0.05, 0.1) is 29.3 Å². The molecular formula is C41H49ClN2O4S. The number of halogens is 1. The lowest BCUT2D eigenvalue weighted by Gasteiger charge is -2.24. The zero-order valence-electron chi connectivity index (χ0n) is 28.5. The number of hydrogen-bond donors (Lipinski definition) is 4. The summed E-state index contributed by atoms with van der Waals surface area (Å²) < 4.78 is 0. The number of fused-ring (bicyclic) bond motifs is 1. The number of thioether (sulfide) groups is 1. The van der Waals surface area contributed by atoms with Gasteiger partial charge in [0, 0.05) is 27.5 Å². The van der Waals surface area contributed by atoms with Gasteiger partial charge in [-0.05, 0) is 117 Å². The quantitative estimate of drug-likeness (QED) is 0.116. The van der Waals surface area contributed by atoms with Crippen LogP contribution in [0.15, 0.2) is 78.9 Å². The van der Waals surface area contributed by atoms with Gasteiger partial charge in [0.15, 0.2) is 0 Å². The molecule has 1 heterocycles. The minimum atomic E-state index is -0.911. The Kier molecular flexibility index (Phi) is 12.6. The fourth-order valence-corrected chi connectivity index (χ4v) is 8.20. The molecule has 0 spiro atoms. The summed E-state index contributed by atoms with van der Waals surface area (Å²) in [6.07, 6.45) is 11.8. The van der Waals surface area contributed by atoms with E-state index in [1.165, 1.54) is 5.56 Å². The normalized spacial score (nSPS) is 19.3. The number of carboxylic acid groups (broad SMARTS) is 1. The lowest BCUT2D eigenvalue weighted by atomic mass is 9.90. The Hall–Kier alpha value is -3.20. The van der Waals surface area contributed by atoms with Gasteiger partial charge in [0.1, 0.15) is 0 Å². The lowest BCUT2D eigenvalue weighted by molar-refractivity contribution is -0.138. The molecular weight excluding hydrogens is 652 g/mol. The topological polar surface area (TPSA) is 117 Å². The second kappa shape index (κ2) is 16.7. The van der Waals surface area contributed by atoms with Crippen LogP contribution in [0.3, 0.4) is 0 Å². The van der Waals surface area contributed by atoms with E-state index >= 15 is 0 Å². The number of carboxylic acids is 1. The summed E-state index contributed by atoms with van der Waals surface area (Å²) in [7, 11) is 0. The van der Waals surface area contributed by atoms with Crippen molar-refractivity contribution in [2.45, 2.75) is 94.6 Å². The summed E-state index contributed by atoms with van der Waals surface area (Å²) in [5.74, 6) is 0.122. The van der Waals surface area contributed by atoms with E-state index in [0.29, 0.717) is 11.1 Å². The van der Waals surface area contributed by atoms with Crippen molar-refractivity contribution >= 4 is 52.4 Å². The van der Waals surface area contributed by atoms with E-state index in [1.807, 2.05) is 74.1 Å². The van der Waals surface area contributed by atoms with Crippen molar-refractivity contribution < 1.29 is 20.1 Å². The van der Waals surface area contributed by atoms with E-state index in [2.05, 4.69) is 42.5 Å². The number of pyridine rings is 1. The van der Waals surface area contributed by atoms with Gasteiger partial charge < -0.3 is 21.1 Å². The zero-order valence-corrected chi connectivity index (χ0v) is 30.1. The standard InChI is InChI=1S/C35H36ClNO3S.C6H13NO/c1-34(2,40)30-9-4-3-7-25(30)13-17-32(41-23-35(18-19-35)22-33(38)39)27-8-5-6-24(20-27)10-15-29-16-12-26-11-14-28(36)21-31(26)37-29;7-5-1-3-6(8)4-2-5/h3-12,14-16,20-21,32,40H,13,17-19,22-23H2,1-2H3,(H,38,39);5-6,8H,1-4,7H2/t32-;/m1./s1. The summed E-state index contributed by atoms with van der Waals surface area (Å²) in [6.45, 7) is 3.66. The Bertz CT molecular complexity index is 1730. The van der Waals surface area contributed by atoms with Crippen LogP contribution in [0.5, 0.6) is 0 Å². The first kappa shape index (κ1) is 37.1. The molecule has 0 aliphatic heterocycles. The van der Waals surface area contributed by atoms with Gasteiger partial charge in [-0.15, -0.1) is 0 Å². The highest BCUT2D eigenvalue weighted by Crippen LogP contribution is 2.53. The van der Waals surface area contributed by atoms with Gasteiger partial charge in [0.2, 0.25) is 0 Å². The highest BCUT2D eigenvalue weighted by atomic mass is 35.5. The van der Waals surface area contributed by atoms with E-state index in [4.69, 9.17) is 27.4 Å². The van der Waals surface area contributed by atoms with Crippen molar-refractivity contribution in [1.29, 1.82) is 0 Å². The third-order valence-electron chi connectivity index (χ3n) is 9.57. The molecule has 4 aromatic rings. The second-order valence-corrected chi connectivity index (χ2v) is 15.9. The largest absolute Gasteiger partial charge is 0.481 e. The molecule has 6 nitrogen and oxygen atoms in total.